The van der Waals surface area contributed by atoms with E-state index in [9.17, 15) is 18.2 Å². The van der Waals surface area contributed by atoms with Crippen molar-refractivity contribution in [2.24, 2.45) is 0 Å². The first-order valence-electron chi connectivity index (χ1n) is 13.0. The Morgan fingerprint density at radius 3 is 2.46 bits per heavy atom. The summed E-state index contributed by atoms with van der Waals surface area (Å²) < 4.78 is 35.9. The predicted octanol–water partition coefficient (Wildman–Crippen LogP) is 6.96. The molecule has 0 N–H and O–H groups in total. The van der Waals surface area contributed by atoms with Gasteiger partial charge in [-0.2, -0.15) is 0 Å². The molecule has 0 amide bonds. The van der Waals surface area contributed by atoms with Crippen molar-refractivity contribution in [3.63, 3.8) is 0 Å². The third-order valence-electron chi connectivity index (χ3n) is 7.36. The number of halogens is 2. The summed E-state index contributed by atoms with van der Waals surface area (Å²) in [5.74, 6) is 0.00820. The summed E-state index contributed by atoms with van der Waals surface area (Å²) in [7, 11) is -1.09. The van der Waals surface area contributed by atoms with Gasteiger partial charge in [0.05, 0.1) is 5.39 Å². The maximum absolute atomic E-state index is 14.9. The second-order valence-electron chi connectivity index (χ2n) is 11.3. The molecule has 2 heterocycles. The highest BCUT2D eigenvalue weighted by Crippen LogP contribution is 2.40. The van der Waals surface area contributed by atoms with Gasteiger partial charge in [-0.3, -0.25) is 9.00 Å². The minimum Gasteiger partial charge on any atom is -0.422 e. The van der Waals surface area contributed by atoms with E-state index in [2.05, 4.69) is 22.6 Å². The molecule has 0 radical (unpaired) electrons. The molecule has 0 aliphatic heterocycles. The Balaban J connectivity index is 1.79. The average Bonchev–Trinajstić information content (AvgIpc) is 3.68. The SMILES string of the molecule is Cc1c(Cc2ccc(I)cc2F)c2c(=O)n(C3CC3)c(C)c(-c3cccc(CS(=O)C(C)(C)C)c3)c2oc1=O. The molecule has 5 rings (SSSR count). The Labute approximate surface area is 243 Å². The van der Waals surface area contributed by atoms with Crippen LogP contribution in [-0.2, 0) is 23.0 Å². The number of nitrogens with zero attached hydrogens (tertiary/aromatic N) is 1. The van der Waals surface area contributed by atoms with Crippen LogP contribution in [0.3, 0.4) is 0 Å². The molecule has 4 aromatic rings. The molecule has 0 spiro atoms. The Kier molecular flexibility index (Phi) is 7.47. The third kappa shape index (κ3) is 5.42. The molecule has 1 unspecified atom stereocenters. The summed E-state index contributed by atoms with van der Waals surface area (Å²) in [6, 6.07) is 12.8. The second-order valence-corrected chi connectivity index (χ2v) is 14.7. The molecule has 1 fully saturated rings. The van der Waals surface area contributed by atoms with Gasteiger partial charge >= 0.3 is 5.63 Å². The molecule has 2 aromatic heterocycles. The van der Waals surface area contributed by atoms with Gasteiger partial charge in [-0.15, -0.1) is 0 Å². The standard InChI is InChI=1S/C31H31FINO4S/c1-17-24(14-20-9-10-22(33)15-25(20)32)27-28(38-30(17)36)26(18(2)34(29(27)35)23-11-12-23)21-8-6-7-19(13-21)16-39(37)31(3,4)5/h6-10,13,15,23H,11-12,14,16H2,1-5H3. The molecule has 1 aliphatic carbocycles. The van der Waals surface area contributed by atoms with Crippen LogP contribution in [0.1, 0.15) is 67.6 Å². The summed E-state index contributed by atoms with van der Waals surface area (Å²) in [6.45, 7) is 9.36. The first-order chi connectivity index (χ1) is 18.4. The topological polar surface area (TPSA) is 69.3 Å². The molecule has 39 heavy (non-hydrogen) atoms. The van der Waals surface area contributed by atoms with Gasteiger partial charge in [0.1, 0.15) is 5.82 Å². The molecular weight excluding hydrogens is 628 g/mol. The van der Waals surface area contributed by atoms with E-state index in [1.807, 2.05) is 62.6 Å². The lowest BCUT2D eigenvalue weighted by Crippen LogP contribution is -2.26. The number of fused-ring (bicyclic) bond motifs is 1. The van der Waals surface area contributed by atoms with Crippen molar-refractivity contribution >= 4 is 44.4 Å². The van der Waals surface area contributed by atoms with E-state index in [1.165, 1.54) is 6.07 Å². The number of aromatic nitrogens is 1. The zero-order chi connectivity index (χ0) is 28.2. The fourth-order valence-corrected chi connectivity index (χ4v) is 6.37. The molecule has 1 atom stereocenters. The minimum atomic E-state index is -1.09. The van der Waals surface area contributed by atoms with Gasteiger partial charge in [0.15, 0.2) is 5.58 Å². The molecule has 0 saturated heterocycles. The van der Waals surface area contributed by atoms with Crippen LogP contribution in [-0.4, -0.2) is 13.5 Å². The lowest BCUT2D eigenvalue weighted by molar-refractivity contribution is 0.549. The minimum absolute atomic E-state index is 0.0763. The summed E-state index contributed by atoms with van der Waals surface area (Å²) in [4.78, 5) is 27.1. The number of hydrogen-bond acceptors (Lipinski definition) is 4. The number of rotatable bonds is 6. The molecule has 0 bridgehead atoms. The zero-order valence-corrected chi connectivity index (χ0v) is 25.7. The van der Waals surface area contributed by atoms with E-state index >= 15 is 0 Å². The highest BCUT2D eigenvalue weighted by Gasteiger charge is 2.31. The summed E-state index contributed by atoms with van der Waals surface area (Å²) >= 11 is 2.05. The Morgan fingerprint density at radius 2 is 1.82 bits per heavy atom. The van der Waals surface area contributed by atoms with Crippen LogP contribution in [0, 0.1) is 23.2 Å². The fraction of sp³-hybridized carbons (Fsp3) is 0.355. The largest absolute Gasteiger partial charge is 0.422 e. The van der Waals surface area contributed by atoms with Crippen LogP contribution in [0.15, 0.2) is 56.5 Å². The Bertz CT molecular complexity index is 1760. The molecule has 5 nitrogen and oxygen atoms in total. The number of benzene rings is 2. The van der Waals surface area contributed by atoms with Crippen molar-refractivity contribution in [1.29, 1.82) is 0 Å². The quantitative estimate of drug-likeness (QED) is 0.210. The van der Waals surface area contributed by atoms with Crippen molar-refractivity contribution in [3.8, 4) is 11.1 Å². The van der Waals surface area contributed by atoms with Gasteiger partial charge < -0.3 is 8.98 Å². The maximum Gasteiger partial charge on any atom is 0.339 e. The second kappa shape index (κ2) is 10.4. The lowest BCUT2D eigenvalue weighted by atomic mass is 9.94. The number of pyridine rings is 1. The van der Waals surface area contributed by atoms with Crippen LogP contribution in [0.5, 0.6) is 0 Å². The van der Waals surface area contributed by atoms with Gasteiger partial charge in [0, 0.05) is 54.2 Å². The van der Waals surface area contributed by atoms with Crippen LogP contribution in [0.2, 0.25) is 0 Å². The third-order valence-corrected chi connectivity index (χ3v) is 9.99. The van der Waals surface area contributed by atoms with Gasteiger partial charge in [-0.25, -0.2) is 9.18 Å². The fourth-order valence-electron chi connectivity index (χ4n) is 5.00. The van der Waals surface area contributed by atoms with E-state index in [0.29, 0.717) is 33.4 Å². The van der Waals surface area contributed by atoms with Gasteiger partial charge in [0.2, 0.25) is 0 Å². The van der Waals surface area contributed by atoms with Crippen LogP contribution < -0.4 is 11.2 Å². The maximum atomic E-state index is 14.9. The van der Waals surface area contributed by atoms with Crippen LogP contribution in [0.4, 0.5) is 4.39 Å². The molecule has 1 saturated carbocycles. The molecule has 8 heteroatoms. The highest BCUT2D eigenvalue weighted by molar-refractivity contribution is 14.1. The van der Waals surface area contributed by atoms with E-state index in [0.717, 1.165) is 33.2 Å². The average molecular weight is 660 g/mol. The number of hydrogen-bond donors (Lipinski definition) is 0. The van der Waals surface area contributed by atoms with Crippen molar-refractivity contribution in [2.45, 2.75) is 70.4 Å². The Morgan fingerprint density at radius 1 is 1.10 bits per heavy atom. The van der Waals surface area contributed by atoms with Crippen molar-refractivity contribution in [2.75, 3.05) is 0 Å². The first-order valence-corrected chi connectivity index (χ1v) is 15.4. The summed E-state index contributed by atoms with van der Waals surface area (Å²) in [5.41, 5.74) is 3.75. The first kappa shape index (κ1) is 28.0. The molecular formula is C31H31FINO4S. The van der Waals surface area contributed by atoms with Crippen molar-refractivity contribution in [3.05, 3.63) is 101 Å². The smallest absolute Gasteiger partial charge is 0.339 e. The van der Waals surface area contributed by atoms with E-state index in [-0.39, 0.29) is 34.2 Å². The molecule has 2 aromatic carbocycles. The lowest BCUT2D eigenvalue weighted by Gasteiger charge is -2.20. The van der Waals surface area contributed by atoms with E-state index in [4.69, 9.17) is 4.42 Å². The summed E-state index contributed by atoms with van der Waals surface area (Å²) in [5, 5.41) is 0.321. The van der Waals surface area contributed by atoms with Gasteiger partial charge in [-0.05, 0) is 104 Å². The van der Waals surface area contributed by atoms with Crippen molar-refractivity contribution < 1.29 is 13.0 Å². The van der Waals surface area contributed by atoms with Gasteiger partial charge in [-0.1, -0.05) is 30.3 Å². The van der Waals surface area contributed by atoms with Crippen LogP contribution >= 0.6 is 22.6 Å². The highest BCUT2D eigenvalue weighted by atomic mass is 127. The molecule has 1 aliphatic rings. The van der Waals surface area contributed by atoms with E-state index < -0.39 is 16.4 Å². The monoisotopic (exact) mass is 659 g/mol. The van der Waals surface area contributed by atoms with Crippen LogP contribution in [0.25, 0.3) is 22.1 Å². The Hall–Kier alpha value is -2.59. The van der Waals surface area contributed by atoms with Gasteiger partial charge in [0.25, 0.3) is 5.56 Å². The molecule has 204 valence electrons. The predicted molar refractivity (Wildman–Crippen MR) is 163 cm³/mol. The van der Waals surface area contributed by atoms with Crippen molar-refractivity contribution in [1.82, 2.24) is 4.57 Å². The zero-order valence-electron chi connectivity index (χ0n) is 22.7. The normalized spacial score (nSPS) is 14.6. The van der Waals surface area contributed by atoms with E-state index in [1.54, 1.807) is 13.0 Å². The summed E-state index contributed by atoms with van der Waals surface area (Å²) in [6.07, 6.45) is 1.89.